The molecule has 0 unspecified atom stereocenters. The van der Waals surface area contributed by atoms with Crippen LogP contribution in [0.4, 0.5) is 5.69 Å². The number of carbonyl (C=O) groups excluding carboxylic acids is 1. The third-order valence-electron chi connectivity index (χ3n) is 2.49. The zero-order chi connectivity index (χ0) is 13.5. The number of anilines is 1. The van der Waals surface area contributed by atoms with Crippen LogP contribution in [-0.4, -0.2) is 17.0 Å². The molecule has 0 aliphatic carbocycles. The number of carbonyl (C=O) groups is 2. The summed E-state index contributed by atoms with van der Waals surface area (Å²) in [7, 11) is 0. The Morgan fingerprint density at radius 3 is 2.67 bits per heavy atom. The van der Waals surface area contributed by atoms with Crippen molar-refractivity contribution in [2.24, 2.45) is 0 Å². The van der Waals surface area contributed by atoms with Gasteiger partial charge < -0.3 is 10.4 Å². The van der Waals surface area contributed by atoms with Crippen molar-refractivity contribution in [2.75, 3.05) is 5.32 Å². The van der Waals surface area contributed by atoms with Gasteiger partial charge in [-0.15, -0.1) is 0 Å². The fourth-order valence-electron chi connectivity index (χ4n) is 1.55. The Bertz CT molecular complexity index is 446. The normalized spacial score (nSPS) is 10.1. The molecule has 0 spiro atoms. The minimum Gasteiger partial charge on any atom is -0.478 e. The van der Waals surface area contributed by atoms with Crippen LogP contribution in [0.1, 0.15) is 43.0 Å². The molecule has 18 heavy (non-hydrogen) atoms. The van der Waals surface area contributed by atoms with E-state index >= 15 is 0 Å². The van der Waals surface area contributed by atoms with Crippen LogP contribution >= 0.6 is 15.9 Å². The molecule has 0 saturated heterocycles. The first-order chi connectivity index (χ1) is 8.54. The van der Waals surface area contributed by atoms with E-state index in [-0.39, 0.29) is 11.5 Å². The lowest BCUT2D eigenvalue weighted by Crippen LogP contribution is -2.14. The molecule has 4 nitrogen and oxygen atoms in total. The quantitative estimate of drug-likeness (QED) is 0.787. The molecule has 5 heteroatoms. The maximum Gasteiger partial charge on any atom is 0.337 e. The number of carboxylic acid groups (broad SMARTS) is 1. The maximum atomic E-state index is 11.7. The largest absolute Gasteiger partial charge is 0.478 e. The summed E-state index contributed by atoms with van der Waals surface area (Å²) in [4.78, 5) is 22.7. The van der Waals surface area contributed by atoms with E-state index in [1.54, 1.807) is 12.1 Å². The van der Waals surface area contributed by atoms with Gasteiger partial charge in [0.2, 0.25) is 5.91 Å². The first-order valence-corrected chi connectivity index (χ1v) is 6.66. The smallest absolute Gasteiger partial charge is 0.337 e. The molecule has 0 aliphatic rings. The van der Waals surface area contributed by atoms with Gasteiger partial charge in [0.05, 0.1) is 11.3 Å². The Balaban J connectivity index is 2.73. The highest BCUT2D eigenvalue weighted by Gasteiger charge is 2.12. The number of halogens is 1. The van der Waals surface area contributed by atoms with E-state index in [0.29, 0.717) is 12.1 Å². The summed E-state index contributed by atoms with van der Waals surface area (Å²) in [6.07, 6.45) is 3.28. The second-order valence-electron chi connectivity index (χ2n) is 4.00. The lowest BCUT2D eigenvalue weighted by Gasteiger charge is -2.08. The van der Waals surface area contributed by atoms with Crippen molar-refractivity contribution in [1.29, 1.82) is 0 Å². The number of nitrogens with one attached hydrogen (secondary N) is 1. The number of unbranched alkanes of at least 4 members (excludes halogenated alkanes) is 2. The van der Waals surface area contributed by atoms with E-state index in [4.69, 9.17) is 5.11 Å². The van der Waals surface area contributed by atoms with Crippen LogP contribution in [-0.2, 0) is 4.79 Å². The van der Waals surface area contributed by atoms with E-state index in [1.807, 2.05) is 0 Å². The average molecular weight is 314 g/mol. The molecule has 0 radical (unpaired) electrons. The van der Waals surface area contributed by atoms with E-state index in [2.05, 4.69) is 28.2 Å². The van der Waals surface area contributed by atoms with Crippen molar-refractivity contribution in [3.05, 3.63) is 28.2 Å². The van der Waals surface area contributed by atoms with Gasteiger partial charge in [-0.25, -0.2) is 4.79 Å². The second-order valence-corrected chi connectivity index (χ2v) is 4.92. The zero-order valence-electron chi connectivity index (χ0n) is 10.2. The van der Waals surface area contributed by atoms with Crippen LogP contribution in [0.5, 0.6) is 0 Å². The van der Waals surface area contributed by atoms with E-state index in [9.17, 15) is 9.59 Å². The van der Waals surface area contributed by atoms with Crippen LogP contribution in [0.3, 0.4) is 0 Å². The Hall–Kier alpha value is -1.36. The van der Waals surface area contributed by atoms with E-state index in [0.717, 1.165) is 23.7 Å². The first kappa shape index (κ1) is 14.7. The summed E-state index contributed by atoms with van der Waals surface area (Å²) in [5.74, 6) is -1.20. The molecule has 1 amide bonds. The van der Waals surface area contributed by atoms with Crippen molar-refractivity contribution in [3.8, 4) is 0 Å². The van der Waals surface area contributed by atoms with Crippen molar-refractivity contribution in [3.63, 3.8) is 0 Å². The van der Waals surface area contributed by atoms with Gasteiger partial charge in [0.15, 0.2) is 0 Å². The van der Waals surface area contributed by atoms with Gasteiger partial charge in [-0.2, -0.15) is 0 Å². The average Bonchev–Trinajstić information content (AvgIpc) is 2.29. The first-order valence-electron chi connectivity index (χ1n) is 5.87. The molecule has 0 aromatic heterocycles. The third kappa shape index (κ3) is 4.49. The molecular formula is C13H16BrNO3. The Morgan fingerprint density at radius 1 is 1.33 bits per heavy atom. The number of hydrogen-bond acceptors (Lipinski definition) is 2. The summed E-state index contributed by atoms with van der Waals surface area (Å²) in [5.41, 5.74) is 0.431. The number of amides is 1. The predicted molar refractivity (Wildman–Crippen MR) is 73.9 cm³/mol. The van der Waals surface area contributed by atoms with Crippen molar-refractivity contribution >= 4 is 33.5 Å². The molecule has 0 fully saturated rings. The minimum absolute atomic E-state index is 0.0991. The zero-order valence-corrected chi connectivity index (χ0v) is 11.8. The van der Waals surface area contributed by atoms with Crippen molar-refractivity contribution in [2.45, 2.75) is 32.6 Å². The third-order valence-corrected chi connectivity index (χ3v) is 2.99. The highest BCUT2D eigenvalue weighted by atomic mass is 79.9. The van der Waals surface area contributed by atoms with Crippen LogP contribution in [0.15, 0.2) is 22.7 Å². The topological polar surface area (TPSA) is 66.4 Å². The number of rotatable bonds is 6. The Morgan fingerprint density at radius 2 is 2.06 bits per heavy atom. The fourth-order valence-corrected chi connectivity index (χ4v) is 1.92. The van der Waals surface area contributed by atoms with Gasteiger partial charge in [-0.3, -0.25) is 4.79 Å². The van der Waals surface area contributed by atoms with Gasteiger partial charge >= 0.3 is 5.97 Å². The number of aromatic carboxylic acids is 1. The van der Waals surface area contributed by atoms with Crippen LogP contribution in [0.2, 0.25) is 0 Å². The number of hydrogen-bond donors (Lipinski definition) is 2. The predicted octanol–water partition coefficient (Wildman–Crippen LogP) is 3.67. The Labute approximate surface area is 115 Å². The lowest BCUT2D eigenvalue weighted by molar-refractivity contribution is -0.116. The van der Waals surface area contributed by atoms with Gasteiger partial charge in [-0.1, -0.05) is 35.7 Å². The fraction of sp³-hybridized carbons (Fsp3) is 0.385. The molecule has 1 aromatic carbocycles. The summed E-state index contributed by atoms with van der Waals surface area (Å²) in [6.45, 7) is 2.06. The highest BCUT2D eigenvalue weighted by Crippen LogP contribution is 2.22. The molecule has 0 heterocycles. The second kappa shape index (κ2) is 7.16. The molecule has 0 bridgehead atoms. The lowest BCUT2D eigenvalue weighted by atomic mass is 10.1. The maximum absolute atomic E-state index is 11.7. The Kier molecular flexibility index (Phi) is 5.85. The van der Waals surface area contributed by atoms with Gasteiger partial charge in [-0.05, 0) is 24.6 Å². The summed E-state index contributed by atoms with van der Waals surface area (Å²) in [6, 6.07) is 4.70. The van der Waals surface area contributed by atoms with E-state index in [1.165, 1.54) is 6.07 Å². The monoisotopic (exact) mass is 313 g/mol. The van der Waals surface area contributed by atoms with Gasteiger partial charge in [0.25, 0.3) is 0 Å². The molecule has 0 atom stereocenters. The van der Waals surface area contributed by atoms with Crippen molar-refractivity contribution < 1.29 is 14.7 Å². The molecule has 98 valence electrons. The molecule has 0 saturated carbocycles. The molecule has 1 rings (SSSR count). The van der Waals surface area contributed by atoms with Crippen LogP contribution < -0.4 is 5.32 Å². The van der Waals surface area contributed by atoms with Gasteiger partial charge in [0, 0.05) is 10.9 Å². The van der Waals surface area contributed by atoms with Gasteiger partial charge in [0.1, 0.15) is 0 Å². The molecular weight excluding hydrogens is 298 g/mol. The van der Waals surface area contributed by atoms with Crippen molar-refractivity contribution in [1.82, 2.24) is 0 Å². The molecule has 0 aliphatic heterocycles. The number of carboxylic acids is 1. The molecule has 2 N–H and O–H groups in total. The van der Waals surface area contributed by atoms with E-state index < -0.39 is 5.97 Å². The minimum atomic E-state index is -1.05. The van der Waals surface area contributed by atoms with Crippen LogP contribution in [0.25, 0.3) is 0 Å². The summed E-state index contributed by atoms with van der Waals surface area (Å²) < 4.78 is 0.733. The SMILES string of the molecule is CCCCCC(=O)Nc1cc(Br)ccc1C(=O)O. The number of benzene rings is 1. The standard InChI is InChI=1S/C13H16BrNO3/c1-2-3-4-5-12(16)15-11-8-9(14)6-7-10(11)13(17)18/h6-8H,2-5H2,1H3,(H,15,16)(H,17,18). The molecule has 1 aromatic rings. The summed E-state index contributed by atoms with van der Waals surface area (Å²) >= 11 is 3.25. The highest BCUT2D eigenvalue weighted by molar-refractivity contribution is 9.10. The van der Waals surface area contributed by atoms with Crippen LogP contribution in [0, 0.1) is 0 Å². The summed E-state index contributed by atoms with van der Waals surface area (Å²) in [5, 5.41) is 11.7.